The van der Waals surface area contributed by atoms with E-state index < -0.39 is 11.9 Å². The first-order chi connectivity index (χ1) is 25.3. The van der Waals surface area contributed by atoms with Gasteiger partial charge in [0.1, 0.15) is 0 Å². The van der Waals surface area contributed by atoms with Gasteiger partial charge in [0.25, 0.3) is 0 Å². The third-order valence-corrected chi connectivity index (χ3v) is 11.4. The van der Waals surface area contributed by atoms with Crippen LogP contribution in [0.4, 0.5) is 17.1 Å². The van der Waals surface area contributed by atoms with Crippen LogP contribution < -0.4 is 4.90 Å². The molecule has 0 fully saturated rings. The SMILES string of the molecule is CC(C)(C)CC(C)(C)c1ccc(N(c2ccc(C(C)(C)CC(C)(C)C)cc2)c2cc3c4c(ccc5c6cccc7cccc(c2c45)c76)C(=O)OC3=O)cc1. The fraction of sp³-hybridized carbons (Fsp3) is 0.320. The van der Waals surface area contributed by atoms with E-state index in [2.05, 4.69) is 159 Å². The number of hydrogen-bond donors (Lipinski definition) is 0. The van der Waals surface area contributed by atoms with Gasteiger partial charge in [-0.2, -0.15) is 0 Å². The number of rotatable bonds is 7. The second-order valence-corrected chi connectivity index (χ2v) is 19.3. The highest BCUT2D eigenvalue weighted by atomic mass is 16.6. The molecule has 0 bridgehead atoms. The molecule has 0 amide bonds. The zero-order valence-electron chi connectivity index (χ0n) is 33.4. The van der Waals surface area contributed by atoms with E-state index in [0.29, 0.717) is 16.5 Å². The molecule has 274 valence electrons. The zero-order valence-corrected chi connectivity index (χ0v) is 33.4. The molecule has 0 atom stereocenters. The van der Waals surface area contributed by atoms with E-state index in [4.69, 9.17) is 4.74 Å². The molecule has 0 N–H and O–H groups in total. The van der Waals surface area contributed by atoms with Crippen LogP contribution in [0.5, 0.6) is 0 Å². The van der Waals surface area contributed by atoms with Gasteiger partial charge >= 0.3 is 11.9 Å². The van der Waals surface area contributed by atoms with Gasteiger partial charge in [-0.3, -0.25) is 0 Å². The average molecular weight is 714 g/mol. The molecular weight excluding hydrogens is 663 g/mol. The van der Waals surface area contributed by atoms with Crippen LogP contribution in [0.25, 0.3) is 43.1 Å². The van der Waals surface area contributed by atoms with E-state index in [9.17, 15) is 9.59 Å². The maximum atomic E-state index is 13.8. The van der Waals surface area contributed by atoms with Gasteiger partial charge in [-0.05, 0) is 109 Å². The topological polar surface area (TPSA) is 46.6 Å². The average Bonchev–Trinajstić information content (AvgIpc) is 3.08. The lowest BCUT2D eigenvalue weighted by Gasteiger charge is -2.35. The van der Waals surface area contributed by atoms with E-state index >= 15 is 0 Å². The molecule has 4 heteroatoms. The van der Waals surface area contributed by atoms with Crippen molar-refractivity contribution < 1.29 is 14.3 Å². The molecule has 1 aliphatic rings. The number of benzene rings is 7. The Bertz CT molecular complexity index is 2540. The van der Waals surface area contributed by atoms with Crippen molar-refractivity contribution in [3.63, 3.8) is 0 Å². The van der Waals surface area contributed by atoms with Crippen LogP contribution in [0.2, 0.25) is 0 Å². The lowest BCUT2D eigenvalue weighted by atomic mass is 9.72. The summed E-state index contributed by atoms with van der Waals surface area (Å²) >= 11 is 0. The number of anilines is 3. The Balaban J connectivity index is 1.44. The molecule has 7 aromatic carbocycles. The molecule has 1 heterocycles. The molecule has 0 saturated heterocycles. The van der Waals surface area contributed by atoms with Gasteiger partial charge in [0.05, 0.1) is 16.8 Å². The van der Waals surface area contributed by atoms with Gasteiger partial charge < -0.3 is 9.64 Å². The van der Waals surface area contributed by atoms with E-state index in [1.165, 1.54) is 16.5 Å². The van der Waals surface area contributed by atoms with Gasteiger partial charge in [0.15, 0.2) is 0 Å². The Morgan fingerprint density at radius 1 is 0.481 bits per heavy atom. The number of ether oxygens (including phenoxy) is 1. The molecule has 0 spiro atoms. The summed E-state index contributed by atoms with van der Waals surface area (Å²) in [5.41, 5.74) is 6.53. The van der Waals surface area contributed by atoms with Crippen molar-refractivity contribution in [2.24, 2.45) is 10.8 Å². The first-order valence-electron chi connectivity index (χ1n) is 19.3. The summed E-state index contributed by atoms with van der Waals surface area (Å²) in [7, 11) is 0. The number of nitrogens with zero attached hydrogens (tertiary/aromatic N) is 1. The fourth-order valence-electron chi connectivity index (χ4n) is 9.93. The molecule has 0 unspecified atom stereocenters. The summed E-state index contributed by atoms with van der Waals surface area (Å²) < 4.78 is 5.40. The number of fused-ring (bicyclic) bond motifs is 2. The molecule has 0 aromatic heterocycles. The molecule has 0 aliphatic carbocycles. The Hall–Kier alpha value is -5.22. The Morgan fingerprint density at radius 3 is 1.48 bits per heavy atom. The highest BCUT2D eigenvalue weighted by Gasteiger charge is 2.34. The second-order valence-electron chi connectivity index (χ2n) is 19.3. The number of cyclic esters (lactones) is 2. The predicted molar refractivity (Wildman–Crippen MR) is 226 cm³/mol. The molecule has 0 radical (unpaired) electrons. The number of carbonyl (C=O) groups is 2. The second kappa shape index (κ2) is 12.1. The first-order valence-corrected chi connectivity index (χ1v) is 19.3. The van der Waals surface area contributed by atoms with Gasteiger partial charge in [-0.15, -0.1) is 0 Å². The van der Waals surface area contributed by atoms with Crippen molar-refractivity contribution in [3.8, 4) is 0 Å². The van der Waals surface area contributed by atoms with Crippen molar-refractivity contribution in [1.82, 2.24) is 0 Å². The Labute approximate surface area is 319 Å². The molecule has 0 saturated carbocycles. The number of esters is 2. The summed E-state index contributed by atoms with van der Waals surface area (Å²) in [4.78, 5) is 29.3. The van der Waals surface area contributed by atoms with Crippen LogP contribution in [0.15, 0.2) is 103 Å². The minimum Gasteiger partial charge on any atom is -0.386 e. The Kier molecular flexibility index (Phi) is 8.05. The maximum Gasteiger partial charge on any atom is 0.346 e. The van der Waals surface area contributed by atoms with Gasteiger partial charge in [-0.25, -0.2) is 9.59 Å². The van der Waals surface area contributed by atoms with Crippen molar-refractivity contribution in [3.05, 3.63) is 125 Å². The lowest BCUT2D eigenvalue weighted by molar-refractivity contribution is 0.0391. The molecule has 8 rings (SSSR count). The van der Waals surface area contributed by atoms with Crippen molar-refractivity contribution in [2.75, 3.05) is 4.90 Å². The summed E-state index contributed by atoms with van der Waals surface area (Å²) in [6.07, 6.45) is 2.09. The van der Waals surface area contributed by atoms with Crippen LogP contribution in [-0.2, 0) is 15.6 Å². The third-order valence-electron chi connectivity index (χ3n) is 11.4. The summed E-state index contributed by atoms with van der Waals surface area (Å²) in [6.45, 7) is 23.1. The van der Waals surface area contributed by atoms with Crippen LogP contribution in [-0.4, -0.2) is 11.9 Å². The van der Waals surface area contributed by atoms with Gasteiger partial charge in [0.2, 0.25) is 0 Å². The monoisotopic (exact) mass is 713 g/mol. The molecular formula is C50H51NO3. The van der Waals surface area contributed by atoms with Crippen LogP contribution >= 0.6 is 0 Å². The molecule has 7 aromatic rings. The minimum atomic E-state index is -0.618. The minimum absolute atomic E-state index is 0.0258. The quantitative estimate of drug-likeness (QED) is 0.0714. The molecule has 4 nitrogen and oxygen atoms in total. The van der Waals surface area contributed by atoms with Crippen LogP contribution in [0, 0.1) is 10.8 Å². The third kappa shape index (κ3) is 6.00. The van der Waals surface area contributed by atoms with E-state index in [1.807, 2.05) is 18.2 Å². The summed E-state index contributed by atoms with van der Waals surface area (Å²) in [5, 5.41) is 8.08. The number of carbonyl (C=O) groups excluding carboxylic acids is 2. The van der Waals surface area contributed by atoms with E-state index in [0.717, 1.165) is 62.2 Å². The van der Waals surface area contributed by atoms with Crippen LogP contribution in [0.3, 0.4) is 0 Å². The molecule has 54 heavy (non-hydrogen) atoms. The van der Waals surface area contributed by atoms with Crippen molar-refractivity contribution >= 4 is 72.1 Å². The highest BCUT2D eigenvalue weighted by Crippen LogP contribution is 2.51. The van der Waals surface area contributed by atoms with Crippen LogP contribution in [0.1, 0.15) is 114 Å². The first kappa shape index (κ1) is 35.8. The normalized spacial score (nSPS) is 14.1. The Morgan fingerprint density at radius 2 is 0.963 bits per heavy atom. The predicted octanol–water partition coefficient (Wildman–Crippen LogP) is 13.9. The number of hydrogen-bond acceptors (Lipinski definition) is 4. The smallest absolute Gasteiger partial charge is 0.346 e. The highest BCUT2D eigenvalue weighted by molar-refractivity contribution is 6.39. The van der Waals surface area contributed by atoms with E-state index in [1.54, 1.807) is 0 Å². The fourth-order valence-corrected chi connectivity index (χ4v) is 9.93. The van der Waals surface area contributed by atoms with Crippen molar-refractivity contribution in [2.45, 2.75) is 92.9 Å². The standard InChI is InChI=1S/C50H51NO3/c1-47(2,3)28-49(7,8)31-17-21-33(22-18-31)51(34-23-19-32(20-24-34)50(9,10)29-48(4,5)6)40-27-39-42-38(45(52)54-46(39)53)26-25-36-35-15-11-13-30-14-12-16-37(41(30)35)43(40)44(36)42/h11-27H,28-29H2,1-10H3. The summed E-state index contributed by atoms with van der Waals surface area (Å²) in [5.74, 6) is -1.22. The largest absolute Gasteiger partial charge is 0.386 e. The zero-order chi connectivity index (χ0) is 38.5. The molecule has 1 aliphatic heterocycles. The van der Waals surface area contributed by atoms with Crippen molar-refractivity contribution in [1.29, 1.82) is 0 Å². The summed E-state index contributed by atoms with van der Waals surface area (Å²) in [6, 6.07) is 36.6. The van der Waals surface area contributed by atoms with E-state index in [-0.39, 0.29) is 21.7 Å². The van der Waals surface area contributed by atoms with Gasteiger partial charge in [-0.1, -0.05) is 136 Å². The maximum absolute atomic E-state index is 13.8. The van der Waals surface area contributed by atoms with Gasteiger partial charge in [0, 0.05) is 27.5 Å². The lowest BCUT2D eigenvalue weighted by Crippen LogP contribution is -2.25.